The van der Waals surface area contributed by atoms with Gasteiger partial charge in [0.05, 0.1) is 0 Å². The lowest BCUT2D eigenvalue weighted by atomic mass is 9.74. The van der Waals surface area contributed by atoms with Crippen molar-refractivity contribution in [1.29, 1.82) is 0 Å². The van der Waals surface area contributed by atoms with Crippen molar-refractivity contribution in [3.05, 3.63) is 208 Å². The van der Waals surface area contributed by atoms with Crippen LogP contribution in [0.3, 0.4) is 0 Å². The van der Waals surface area contributed by atoms with Crippen molar-refractivity contribution < 1.29 is 0 Å². The molecule has 96 heavy (non-hydrogen) atoms. The molecule has 6 aliphatic carbocycles. The molecule has 0 aromatic rings. The van der Waals surface area contributed by atoms with Gasteiger partial charge in [-0.1, -0.05) is 339 Å². The lowest BCUT2D eigenvalue weighted by molar-refractivity contribution is 0.182. The van der Waals surface area contributed by atoms with Crippen LogP contribution in [-0.2, 0) is 0 Å². The summed E-state index contributed by atoms with van der Waals surface area (Å²) in [6, 6.07) is 0. The minimum absolute atomic E-state index is 0.508. The highest BCUT2D eigenvalue weighted by Crippen LogP contribution is 2.48. The maximum Gasteiger partial charge on any atom is 0.00712 e. The summed E-state index contributed by atoms with van der Waals surface area (Å²) in [5.41, 5.74) is 7.36. The van der Waals surface area contributed by atoms with Crippen molar-refractivity contribution in [2.75, 3.05) is 23.0 Å². The number of rotatable bonds is 20. The third-order valence-electron chi connectivity index (χ3n) is 23.0. The highest BCUT2D eigenvalue weighted by atomic mass is 33.1. The average molecular weight is 1380 g/mol. The van der Waals surface area contributed by atoms with E-state index in [2.05, 4.69) is 258 Å². The predicted molar refractivity (Wildman–Crippen MR) is 449 cm³/mol. The fraction of sp³-hybridized carbons (Fsp3) is 0.630. The summed E-state index contributed by atoms with van der Waals surface area (Å²) in [7, 11) is 8.43. The van der Waals surface area contributed by atoms with Crippen LogP contribution in [0, 0.1) is 112 Å². The molecule has 0 radical (unpaired) electrons. The second-order valence-electron chi connectivity index (χ2n) is 31.1. The molecule has 0 spiro atoms. The summed E-state index contributed by atoms with van der Waals surface area (Å²) >= 11 is 0. The molecule has 2 aliphatic heterocycles. The summed E-state index contributed by atoms with van der Waals surface area (Å²) in [5.74, 6) is 21.6. The standard InChI is InChI=1S/C20H30.C17H26.C17H24.C14H26.C14H22.C10H18S4/c1-7-11-17(5)15-19(13-9-3)20(14-10-4)16-18(6)12-8-2;2*1-5-9-14(3)13-16-12-8-7-11-15(4)17(16)10-6-2;2*1-11-7-3-5-10-14-12(2)8-4-6-9-13(11)14;1-7-3-11-14-6-10-8(2)4-12-13-5-9(7)10/h7-11,14,18-19H,1-4,12-13,15-16H2,5-6H3;5-8,10,14-16H,1-2,9,11-13H2,3-4H3;5-10,15-16H,1-2,11-13H2,3-4H3;11-14H,3-10H2,1-2H3;3-6,11-14H,7-10H2,1-2H3;7-10H,3-6H2,1-2H3/b17-11+,20-14-;17-10-;14-9+,17-10-;;;. The zero-order valence-corrected chi connectivity index (χ0v) is 67.2. The van der Waals surface area contributed by atoms with Gasteiger partial charge in [0.1, 0.15) is 0 Å². The maximum atomic E-state index is 3.90. The van der Waals surface area contributed by atoms with E-state index in [1.54, 1.807) is 11.1 Å². The minimum Gasteiger partial charge on any atom is -0.103 e. The van der Waals surface area contributed by atoms with E-state index in [-0.39, 0.29) is 0 Å². The first kappa shape index (κ1) is 87.2. The van der Waals surface area contributed by atoms with Crippen LogP contribution in [0.15, 0.2) is 208 Å². The molecule has 538 valence electrons. The summed E-state index contributed by atoms with van der Waals surface area (Å²) < 4.78 is 0. The third-order valence-corrected chi connectivity index (χ3v) is 28.3. The maximum absolute atomic E-state index is 3.90. The Labute approximate surface area is 613 Å². The molecule has 0 aromatic carbocycles. The molecule has 0 nitrogen and oxygen atoms in total. The molecule has 2 saturated heterocycles. The Kier molecular flexibility index (Phi) is 47.2. The first-order chi connectivity index (χ1) is 46.3. The SMILES string of the molecule is C=C/C=C(/CC(C)CC=C)C(CC=C)C/C(C)=C/C=C.C=C/C=C1/C(C)CC=CCC1C/C(C)=C/C=C.C=C/C=C1/C(C)CC=CCC1CC(C)CC=C.CC1CC=CCC2C(C)CC=CCC12.CC1CCCCC2C(C)CCCCC12.CC1CSSCC2C(C)CSSCC12. The normalized spacial score (nSPS) is 32.6. The fourth-order valence-electron chi connectivity index (χ4n) is 17.1. The van der Waals surface area contributed by atoms with E-state index in [0.29, 0.717) is 35.5 Å². The van der Waals surface area contributed by atoms with Gasteiger partial charge in [-0.2, -0.15) is 0 Å². The Hall–Kier alpha value is -3.02. The average Bonchev–Trinajstić information content (AvgIpc) is 1.79. The molecule has 4 fully saturated rings. The van der Waals surface area contributed by atoms with Gasteiger partial charge in [0.15, 0.2) is 0 Å². The molecule has 8 aliphatic rings. The van der Waals surface area contributed by atoms with Gasteiger partial charge in [-0.3, -0.25) is 0 Å². The molecule has 0 bridgehead atoms. The van der Waals surface area contributed by atoms with Crippen LogP contribution in [0.25, 0.3) is 0 Å². The summed E-state index contributed by atoms with van der Waals surface area (Å²) in [5, 5.41) is 0. The minimum atomic E-state index is 0.508. The molecule has 2 saturated carbocycles. The van der Waals surface area contributed by atoms with Gasteiger partial charge in [-0.25, -0.2) is 0 Å². The highest BCUT2D eigenvalue weighted by molar-refractivity contribution is 8.77. The topological polar surface area (TPSA) is 0 Å². The Morgan fingerprint density at radius 2 is 0.802 bits per heavy atom. The van der Waals surface area contributed by atoms with Crippen molar-refractivity contribution in [1.82, 2.24) is 0 Å². The molecule has 0 N–H and O–H groups in total. The number of hydrogen-bond acceptors (Lipinski definition) is 4. The molecule has 8 rings (SSSR count). The summed E-state index contributed by atoms with van der Waals surface area (Å²) in [6.45, 7) is 59.1. The Morgan fingerprint density at radius 3 is 1.27 bits per heavy atom. The van der Waals surface area contributed by atoms with Gasteiger partial charge >= 0.3 is 0 Å². The van der Waals surface area contributed by atoms with Crippen molar-refractivity contribution in [2.45, 2.75) is 231 Å². The van der Waals surface area contributed by atoms with Crippen molar-refractivity contribution >= 4 is 43.2 Å². The van der Waals surface area contributed by atoms with Gasteiger partial charge in [0.25, 0.3) is 0 Å². The zero-order valence-electron chi connectivity index (χ0n) is 64.0. The van der Waals surface area contributed by atoms with Crippen LogP contribution < -0.4 is 0 Å². The largest absolute Gasteiger partial charge is 0.103 e. The number of hydrogen-bond donors (Lipinski definition) is 0. The Balaban J connectivity index is 0.000000301. The Bertz CT molecular complexity index is 2410. The van der Waals surface area contributed by atoms with Crippen LogP contribution in [0.5, 0.6) is 0 Å². The molecule has 19 atom stereocenters. The van der Waals surface area contributed by atoms with Crippen LogP contribution in [0.1, 0.15) is 231 Å². The lowest BCUT2D eigenvalue weighted by Gasteiger charge is -2.31. The summed E-state index contributed by atoms with van der Waals surface area (Å²) in [4.78, 5) is 0. The molecular formula is C92H146S4. The van der Waals surface area contributed by atoms with Crippen LogP contribution in [-0.4, -0.2) is 23.0 Å². The van der Waals surface area contributed by atoms with Gasteiger partial charge in [0, 0.05) is 23.0 Å². The molecule has 2 heterocycles. The highest BCUT2D eigenvalue weighted by Gasteiger charge is 2.36. The van der Waals surface area contributed by atoms with E-state index in [1.165, 1.54) is 136 Å². The molecular weight excluding hydrogens is 1230 g/mol. The Morgan fingerprint density at radius 1 is 0.396 bits per heavy atom. The van der Waals surface area contributed by atoms with Crippen LogP contribution in [0.2, 0.25) is 0 Å². The van der Waals surface area contributed by atoms with Crippen LogP contribution >= 0.6 is 43.2 Å². The monoisotopic (exact) mass is 1380 g/mol. The van der Waals surface area contributed by atoms with Gasteiger partial charge in [0.2, 0.25) is 0 Å². The molecule has 0 amide bonds. The second-order valence-corrected chi connectivity index (χ2v) is 36.2. The first-order valence-corrected chi connectivity index (χ1v) is 43.7. The number of fused-ring (bicyclic) bond motifs is 3. The van der Waals surface area contributed by atoms with E-state index < -0.39 is 0 Å². The smallest absolute Gasteiger partial charge is 0.00712 e. The van der Waals surface area contributed by atoms with Gasteiger partial charge < -0.3 is 0 Å². The fourth-order valence-corrected chi connectivity index (χ4v) is 23.3. The second kappa shape index (κ2) is 52.0. The lowest BCUT2D eigenvalue weighted by Crippen LogP contribution is -2.29. The van der Waals surface area contributed by atoms with E-state index in [0.717, 1.165) is 128 Å². The third kappa shape index (κ3) is 33.2. The van der Waals surface area contributed by atoms with Crippen LogP contribution in [0.4, 0.5) is 0 Å². The van der Waals surface area contributed by atoms with Crippen molar-refractivity contribution in [3.8, 4) is 0 Å². The van der Waals surface area contributed by atoms with Gasteiger partial charge in [-0.15, -0.1) is 19.7 Å². The van der Waals surface area contributed by atoms with E-state index in [9.17, 15) is 0 Å². The molecule has 4 heteroatoms. The van der Waals surface area contributed by atoms with E-state index in [4.69, 9.17) is 0 Å². The first-order valence-electron chi connectivity index (χ1n) is 38.8. The van der Waals surface area contributed by atoms with Crippen molar-refractivity contribution in [2.24, 2.45) is 112 Å². The van der Waals surface area contributed by atoms with Gasteiger partial charge in [-0.05, 0) is 235 Å². The number of allylic oxidation sites excluding steroid dienone is 26. The van der Waals surface area contributed by atoms with E-state index >= 15 is 0 Å². The molecule has 0 aromatic heterocycles. The zero-order chi connectivity index (χ0) is 70.6. The van der Waals surface area contributed by atoms with E-state index in [1.807, 2.05) is 48.6 Å². The quantitative estimate of drug-likeness (QED) is 0.0677. The van der Waals surface area contributed by atoms with Crippen molar-refractivity contribution in [3.63, 3.8) is 0 Å². The summed E-state index contributed by atoms with van der Waals surface area (Å²) in [6.07, 6.45) is 75.1. The molecule has 19 unspecified atom stereocenters. The predicted octanol–water partition coefficient (Wildman–Crippen LogP) is 30.1.